The summed E-state index contributed by atoms with van der Waals surface area (Å²) in [6.45, 7) is 2.05. The van der Waals surface area contributed by atoms with Crippen molar-refractivity contribution >= 4 is 34.7 Å². The van der Waals surface area contributed by atoms with Crippen LogP contribution in [0.4, 0.5) is 11.4 Å². The number of carbonyl (C=O) groups is 1. The molecule has 3 N–H and O–H groups in total. The molecule has 2 aromatic carbocycles. The van der Waals surface area contributed by atoms with Crippen molar-refractivity contribution in [2.75, 3.05) is 11.1 Å². The summed E-state index contributed by atoms with van der Waals surface area (Å²) in [6, 6.07) is 15.4. The third-order valence-corrected chi connectivity index (χ3v) is 4.45. The molecule has 0 fully saturated rings. The number of aromatic nitrogens is 1. The highest BCUT2D eigenvalue weighted by atomic mass is 32.1. The third-order valence-electron chi connectivity index (χ3n) is 3.44. The minimum atomic E-state index is -0.224. The standard InChI is InChI=1S/C19H17N3OS/c1-13-6-8-14(9-7-13)19-21-12-15(24-19)10-11-18(23)22-17-5-3-2-4-16(17)20/h2-12H,20H2,1H3,(H,22,23)/b11-10+. The first-order chi connectivity index (χ1) is 11.6. The number of aryl methyl sites for hydroxylation is 1. The maximum absolute atomic E-state index is 12.0. The summed E-state index contributed by atoms with van der Waals surface area (Å²) < 4.78 is 0. The van der Waals surface area contributed by atoms with E-state index in [4.69, 9.17) is 5.73 Å². The van der Waals surface area contributed by atoms with Crippen molar-refractivity contribution in [2.24, 2.45) is 0 Å². The van der Waals surface area contributed by atoms with E-state index in [2.05, 4.69) is 29.4 Å². The van der Waals surface area contributed by atoms with Gasteiger partial charge in [0, 0.05) is 22.7 Å². The first-order valence-electron chi connectivity index (χ1n) is 7.48. The molecule has 1 aromatic heterocycles. The molecule has 3 rings (SSSR count). The highest BCUT2D eigenvalue weighted by molar-refractivity contribution is 7.15. The Balaban J connectivity index is 1.68. The Kier molecular flexibility index (Phi) is 4.72. The monoisotopic (exact) mass is 335 g/mol. The van der Waals surface area contributed by atoms with E-state index in [0.29, 0.717) is 11.4 Å². The van der Waals surface area contributed by atoms with Crippen molar-refractivity contribution in [3.05, 3.63) is 71.2 Å². The van der Waals surface area contributed by atoms with Gasteiger partial charge in [-0.25, -0.2) is 4.98 Å². The lowest BCUT2D eigenvalue weighted by atomic mass is 10.2. The van der Waals surface area contributed by atoms with Crippen LogP contribution >= 0.6 is 11.3 Å². The zero-order chi connectivity index (χ0) is 16.9. The second-order valence-electron chi connectivity index (χ2n) is 5.34. The number of nitrogens with two attached hydrogens (primary N) is 1. The Morgan fingerprint density at radius 1 is 1.17 bits per heavy atom. The number of rotatable bonds is 4. The van der Waals surface area contributed by atoms with E-state index in [9.17, 15) is 4.79 Å². The van der Waals surface area contributed by atoms with Crippen LogP contribution < -0.4 is 11.1 Å². The normalized spacial score (nSPS) is 10.9. The number of hydrogen-bond acceptors (Lipinski definition) is 4. The third kappa shape index (κ3) is 3.88. The van der Waals surface area contributed by atoms with Crippen LogP contribution in [0.2, 0.25) is 0 Å². The molecule has 24 heavy (non-hydrogen) atoms. The Bertz CT molecular complexity index is 882. The van der Waals surface area contributed by atoms with Crippen molar-refractivity contribution in [3.63, 3.8) is 0 Å². The lowest BCUT2D eigenvalue weighted by molar-refractivity contribution is -0.111. The zero-order valence-corrected chi connectivity index (χ0v) is 14.0. The second-order valence-corrected chi connectivity index (χ2v) is 6.41. The van der Waals surface area contributed by atoms with Gasteiger partial charge >= 0.3 is 0 Å². The number of nitrogens with zero attached hydrogens (tertiary/aromatic N) is 1. The van der Waals surface area contributed by atoms with Crippen LogP contribution in [0.3, 0.4) is 0 Å². The van der Waals surface area contributed by atoms with Crippen LogP contribution in [-0.2, 0) is 4.79 Å². The molecule has 3 aromatic rings. The second kappa shape index (κ2) is 7.10. The van der Waals surface area contributed by atoms with Gasteiger partial charge in [0.05, 0.1) is 11.4 Å². The summed E-state index contributed by atoms with van der Waals surface area (Å²) >= 11 is 1.54. The van der Waals surface area contributed by atoms with E-state index < -0.39 is 0 Å². The molecule has 120 valence electrons. The van der Waals surface area contributed by atoms with Gasteiger partial charge in [-0.3, -0.25) is 4.79 Å². The molecule has 0 bridgehead atoms. The number of para-hydroxylation sites is 2. The lowest BCUT2D eigenvalue weighted by Gasteiger charge is -2.04. The summed E-state index contributed by atoms with van der Waals surface area (Å²) in [6.07, 6.45) is 5.00. The van der Waals surface area contributed by atoms with E-state index in [1.165, 1.54) is 11.6 Å². The predicted octanol–water partition coefficient (Wildman–Crippen LogP) is 4.35. The number of nitrogens with one attached hydrogen (secondary N) is 1. The number of thiazole rings is 1. The molecule has 0 radical (unpaired) electrons. The van der Waals surface area contributed by atoms with Crippen molar-refractivity contribution in [1.29, 1.82) is 0 Å². The number of hydrogen-bond donors (Lipinski definition) is 2. The Labute approximate surface area is 144 Å². The molecular formula is C19H17N3OS. The van der Waals surface area contributed by atoms with Gasteiger partial charge in [-0.15, -0.1) is 11.3 Å². The van der Waals surface area contributed by atoms with E-state index in [1.807, 2.05) is 24.3 Å². The summed E-state index contributed by atoms with van der Waals surface area (Å²) in [7, 11) is 0. The molecular weight excluding hydrogens is 318 g/mol. The number of anilines is 2. The fourth-order valence-electron chi connectivity index (χ4n) is 2.14. The van der Waals surface area contributed by atoms with Crippen LogP contribution in [0.15, 0.2) is 60.8 Å². The first kappa shape index (κ1) is 16.0. The molecule has 0 aliphatic rings. The van der Waals surface area contributed by atoms with Gasteiger partial charge in [0.25, 0.3) is 0 Å². The molecule has 1 amide bonds. The van der Waals surface area contributed by atoms with Gasteiger partial charge in [0.15, 0.2) is 0 Å². The molecule has 0 unspecified atom stereocenters. The minimum Gasteiger partial charge on any atom is -0.397 e. The van der Waals surface area contributed by atoms with Crippen molar-refractivity contribution in [1.82, 2.24) is 4.98 Å². The van der Waals surface area contributed by atoms with Gasteiger partial charge in [-0.2, -0.15) is 0 Å². The maximum atomic E-state index is 12.0. The fourth-order valence-corrected chi connectivity index (χ4v) is 2.96. The van der Waals surface area contributed by atoms with Gasteiger partial charge in [0.2, 0.25) is 5.91 Å². The maximum Gasteiger partial charge on any atom is 0.248 e. The minimum absolute atomic E-state index is 0.224. The summed E-state index contributed by atoms with van der Waals surface area (Å²) in [4.78, 5) is 17.3. The highest BCUT2D eigenvalue weighted by Crippen LogP contribution is 2.26. The summed E-state index contributed by atoms with van der Waals surface area (Å²) in [5.41, 5.74) is 9.25. The van der Waals surface area contributed by atoms with Crippen LogP contribution in [0.1, 0.15) is 10.4 Å². The van der Waals surface area contributed by atoms with Gasteiger partial charge in [-0.1, -0.05) is 42.0 Å². The van der Waals surface area contributed by atoms with Gasteiger partial charge < -0.3 is 11.1 Å². The first-order valence-corrected chi connectivity index (χ1v) is 8.30. The molecule has 5 heteroatoms. The SMILES string of the molecule is Cc1ccc(-c2ncc(/C=C/C(=O)Nc3ccccc3N)s2)cc1. The van der Waals surface area contributed by atoms with Crippen molar-refractivity contribution in [2.45, 2.75) is 6.92 Å². The summed E-state index contributed by atoms with van der Waals surface area (Å²) in [5, 5.41) is 3.69. The Hall–Kier alpha value is -2.92. The largest absolute Gasteiger partial charge is 0.397 e. The van der Waals surface area contributed by atoms with Gasteiger partial charge in [-0.05, 0) is 25.1 Å². The number of nitrogen functional groups attached to an aromatic ring is 1. The molecule has 0 spiro atoms. The molecule has 0 saturated heterocycles. The molecule has 0 saturated carbocycles. The van der Waals surface area contributed by atoms with Gasteiger partial charge in [0.1, 0.15) is 5.01 Å². The topological polar surface area (TPSA) is 68.0 Å². The average Bonchev–Trinajstić information content (AvgIpc) is 3.05. The van der Waals surface area contributed by atoms with Crippen molar-refractivity contribution < 1.29 is 4.79 Å². The fraction of sp³-hybridized carbons (Fsp3) is 0.0526. The zero-order valence-electron chi connectivity index (χ0n) is 13.2. The van der Waals surface area contributed by atoms with E-state index in [-0.39, 0.29) is 5.91 Å². The molecule has 0 aliphatic carbocycles. The predicted molar refractivity (Wildman–Crippen MR) is 101 cm³/mol. The Morgan fingerprint density at radius 3 is 2.67 bits per heavy atom. The number of carbonyl (C=O) groups excluding carboxylic acids is 1. The summed E-state index contributed by atoms with van der Waals surface area (Å²) in [5.74, 6) is -0.224. The van der Waals surface area contributed by atoms with Crippen LogP contribution in [0, 0.1) is 6.92 Å². The smallest absolute Gasteiger partial charge is 0.248 e. The van der Waals surface area contributed by atoms with Crippen molar-refractivity contribution in [3.8, 4) is 10.6 Å². The van der Waals surface area contributed by atoms with E-state index >= 15 is 0 Å². The van der Waals surface area contributed by atoms with Crippen LogP contribution in [0.25, 0.3) is 16.6 Å². The van der Waals surface area contributed by atoms with E-state index in [0.717, 1.165) is 15.4 Å². The molecule has 0 atom stereocenters. The van der Waals surface area contributed by atoms with E-state index in [1.54, 1.807) is 35.7 Å². The quantitative estimate of drug-likeness (QED) is 0.550. The van der Waals surface area contributed by atoms with Crippen LogP contribution in [-0.4, -0.2) is 10.9 Å². The Morgan fingerprint density at radius 2 is 1.92 bits per heavy atom. The highest BCUT2D eigenvalue weighted by Gasteiger charge is 2.04. The number of amides is 1. The van der Waals surface area contributed by atoms with Crippen LogP contribution in [0.5, 0.6) is 0 Å². The molecule has 4 nitrogen and oxygen atoms in total. The molecule has 1 heterocycles. The number of benzene rings is 2. The lowest BCUT2D eigenvalue weighted by Crippen LogP contribution is -2.09. The average molecular weight is 335 g/mol. The molecule has 0 aliphatic heterocycles.